The standard InChI is InChI=1S/C14H24ClN3O/c1-3-10-14(15)12(18(4-2)17-10)9-13(19)11-7-5-6-8-16-11/h11,13,16,19H,3-9H2,1-2H3. The summed E-state index contributed by atoms with van der Waals surface area (Å²) in [6, 6.07) is 0.190. The number of aliphatic hydroxyl groups is 1. The Labute approximate surface area is 120 Å². The van der Waals surface area contributed by atoms with Crippen LogP contribution in [0.4, 0.5) is 0 Å². The predicted molar refractivity (Wildman–Crippen MR) is 77.6 cm³/mol. The van der Waals surface area contributed by atoms with Crippen molar-refractivity contribution in [3.8, 4) is 0 Å². The largest absolute Gasteiger partial charge is 0.391 e. The van der Waals surface area contributed by atoms with E-state index in [9.17, 15) is 5.11 Å². The topological polar surface area (TPSA) is 50.1 Å². The van der Waals surface area contributed by atoms with E-state index >= 15 is 0 Å². The van der Waals surface area contributed by atoms with Crippen molar-refractivity contribution in [2.24, 2.45) is 0 Å². The molecule has 2 unspecified atom stereocenters. The molecule has 1 aromatic rings. The molecule has 2 atom stereocenters. The third-order valence-corrected chi connectivity index (χ3v) is 4.35. The van der Waals surface area contributed by atoms with Gasteiger partial charge in [0.15, 0.2) is 0 Å². The lowest BCUT2D eigenvalue weighted by Crippen LogP contribution is -2.44. The Morgan fingerprint density at radius 3 is 2.84 bits per heavy atom. The first-order valence-corrected chi connectivity index (χ1v) is 7.70. The number of aliphatic hydroxyl groups excluding tert-OH is 1. The zero-order valence-electron chi connectivity index (χ0n) is 11.8. The minimum absolute atomic E-state index is 0.190. The van der Waals surface area contributed by atoms with Crippen molar-refractivity contribution in [1.29, 1.82) is 0 Å². The Morgan fingerprint density at radius 2 is 2.26 bits per heavy atom. The van der Waals surface area contributed by atoms with E-state index in [-0.39, 0.29) is 12.1 Å². The highest BCUT2D eigenvalue weighted by molar-refractivity contribution is 6.31. The SMILES string of the molecule is CCc1nn(CC)c(CC(O)C2CCCCN2)c1Cl. The van der Waals surface area contributed by atoms with Gasteiger partial charge in [-0.1, -0.05) is 24.9 Å². The molecule has 1 aliphatic heterocycles. The molecule has 2 rings (SSSR count). The van der Waals surface area contributed by atoms with E-state index in [1.807, 2.05) is 4.68 Å². The lowest BCUT2D eigenvalue weighted by atomic mass is 9.97. The van der Waals surface area contributed by atoms with Crippen molar-refractivity contribution >= 4 is 11.6 Å². The van der Waals surface area contributed by atoms with Crippen LogP contribution in [0.25, 0.3) is 0 Å². The number of piperidine rings is 1. The minimum atomic E-state index is -0.385. The van der Waals surface area contributed by atoms with E-state index in [1.54, 1.807) is 0 Å². The average molecular weight is 286 g/mol. The molecule has 4 nitrogen and oxygen atoms in total. The first-order chi connectivity index (χ1) is 9.17. The Bertz CT molecular complexity index is 413. The predicted octanol–water partition coefficient (Wildman–Crippen LogP) is 2.16. The normalized spacial score (nSPS) is 21.6. The van der Waals surface area contributed by atoms with Crippen molar-refractivity contribution in [2.45, 2.75) is 64.6 Å². The molecular weight excluding hydrogens is 262 g/mol. The summed E-state index contributed by atoms with van der Waals surface area (Å²) in [5, 5.41) is 19.0. The van der Waals surface area contributed by atoms with Gasteiger partial charge in [-0.05, 0) is 32.7 Å². The summed E-state index contributed by atoms with van der Waals surface area (Å²) in [5.74, 6) is 0. The zero-order chi connectivity index (χ0) is 13.8. The van der Waals surface area contributed by atoms with Gasteiger partial charge < -0.3 is 10.4 Å². The fourth-order valence-corrected chi connectivity index (χ4v) is 3.11. The van der Waals surface area contributed by atoms with E-state index in [0.29, 0.717) is 6.42 Å². The van der Waals surface area contributed by atoms with E-state index in [4.69, 9.17) is 11.6 Å². The quantitative estimate of drug-likeness (QED) is 0.872. The highest BCUT2D eigenvalue weighted by Gasteiger charge is 2.24. The molecule has 5 heteroatoms. The number of nitrogens with zero attached hydrogens (tertiary/aromatic N) is 2. The first-order valence-electron chi connectivity index (χ1n) is 7.32. The van der Waals surface area contributed by atoms with Gasteiger partial charge in [-0.15, -0.1) is 0 Å². The summed E-state index contributed by atoms with van der Waals surface area (Å²) in [6.45, 7) is 5.90. The maximum atomic E-state index is 10.4. The molecule has 1 aliphatic rings. The maximum Gasteiger partial charge on any atom is 0.0850 e. The van der Waals surface area contributed by atoms with Crippen LogP contribution in [0, 0.1) is 0 Å². The van der Waals surface area contributed by atoms with E-state index in [2.05, 4.69) is 24.3 Å². The molecule has 0 amide bonds. The van der Waals surface area contributed by atoms with Crippen molar-refractivity contribution in [2.75, 3.05) is 6.54 Å². The lowest BCUT2D eigenvalue weighted by Gasteiger charge is -2.28. The molecule has 0 spiro atoms. The number of hydrogen-bond acceptors (Lipinski definition) is 3. The second-order valence-electron chi connectivity index (χ2n) is 5.20. The summed E-state index contributed by atoms with van der Waals surface area (Å²) >= 11 is 6.38. The summed E-state index contributed by atoms with van der Waals surface area (Å²) in [7, 11) is 0. The van der Waals surface area contributed by atoms with Gasteiger partial charge in [0.25, 0.3) is 0 Å². The van der Waals surface area contributed by atoms with Crippen LogP contribution in [-0.4, -0.2) is 33.6 Å². The second-order valence-corrected chi connectivity index (χ2v) is 5.58. The van der Waals surface area contributed by atoms with Crippen LogP contribution in [0.2, 0.25) is 5.02 Å². The van der Waals surface area contributed by atoms with Crippen LogP contribution in [0.5, 0.6) is 0 Å². The highest BCUT2D eigenvalue weighted by Crippen LogP contribution is 2.24. The minimum Gasteiger partial charge on any atom is -0.391 e. The van der Waals surface area contributed by atoms with Gasteiger partial charge in [0.2, 0.25) is 0 Å². The zero-order valence-corrected chi connectivity index (χ0v) is 12.6. The fraction of sp³-hybridized carbons (Fsp3) is 0.786. The molecule has 0 saturated carbocycles. The molecule has 0 bridgehead atoms. The van der Waals surface area contributed by atoms with Gasteiger partial charge in [0, 0.05) is 19.0 Å². The summed E-state index contributed by atoms with van der Waals surface area (Å²) in [5.41, 5.74) is 1.91. The van der Waals surface area contributed by atoms with Crippen LogP contribution in [0.1, 0.15) is 44.5 Å². The monoisotopic (exact) mass is 285 g/mol. The Morgan fingerprint density at radius 1 is 1.47 bits per heavy atom. The number of hydrogen-bond donors (Lipinski definition) is 2. The number of aryl methyl sites for hydroxylation is 2. The number of rotatable bonds is 5. The Balaban J connectivity index is 2.10. The van der Waals surface area contributed by atoms with E-state index in [1.165, 1.54) is 12.8 Å². The number of nitrogens with one attached hydrogen (secondary N) is 1. The van der Waals surface area contributed by atoms with Crippen LogP contribution in [0.3, 0.4) is 0 Å². The smallest absolute Gasteiger partial charge is 0.0850 e. The molecule has 0 aliphatic carbocycles. The van der Waals surface area contributed by atoms with Gasteiger partial charge in [-0.2, -0.15) is 5.10 Å². The van der Waals surface area contributed by atoms with Gasteiger partial charge in [0.1, 0.15) is 0 Å². The molecule has 2 N–H and O–H groups in total. The molecule has 2 heterocycles. The summed E-state index contributed by atoms with van der Waals surface area (Å²) in [4.78, 5) is 0. The maximum absolute atomic E-state index is 10.4. The molecule has 1 aromatic heterocycles. The highest BCUT2D eigenvalue weighted by atomic mass is 35.5. The Kier molecular flexibility index (Phi) is 5.25. The number of halogens is 1. The molecule has 1 fully saturated rings. The van der Waals surface area contributed by atoms with Crippen molar-refractivity contribution < 1.29 is 5.11 Å². The van der Waals surface area contributed by atoms with Crippen LogP contribution >= 0.6 is 11.6 Å². The van der Waals surface area contributed by atoms with Gasteiger partial charge in [0.05, 0.1) is 22.5 Å². The van der Waals surface area contributed by atoms with Crippen LogP contribution in [0.15, 0.2) is 0 Å². The lowest BCUT2D eigenvalue weighted by molar-refractivity contribution is 0.111. The molecule has 0 radical (unpaired) electrons. The third kappa shape index (κ3) is 3.30. The van der Waals surface area contributed by atoms with E-state index < -0.39 is 0 Å². The number of aromatic nitrogens is 2. The molecule has 0 aromatic carbocycles. The van der Waals surface area contributed by atoms with E-state index in [0.717, 1.165) is 42.3 Å². The van der Waals surface area contributed by atoms with Crippen molar-refractivity contribution in [3.63, 3.8) is 0 Å². The first kappa shape index (κ1) is 14.8. The molecule has 108 valence electrons. The second kappa shape index (κ2) is 6.73. The summed E-state index contributed by atoms with van der Waals surface area (Å²) in [6.07, 6.45) is 4.46. The van der Waals surface area contributed by atoms with Crippen LogP contribution in [-0.2, 0) is 19.4 Å². The summed E-state index contributed by atoms with van der Waals surface area (Å²) < 4.78 is 1.92. The van der Waals surface area contributed by atoms with Crippen molar-refractivity contribution in [1.82, 2.24) is 15.1 Å². The van der Waals surface area contributed by atoms with Crippen molar-refractivity contribution in [3.05, 3.63) is 16.4 Å². The average Bonchev–Trinajstić information content (AvgIpc) is 2.76. The Hall–Kier alpha value is -0.580. The van der Waals surface area contributed by atoms with Gasteiger partial charge >= 0.3 is 0 Å². The third-order valence-electron chi connectivity index (χ3n) is 3.91. The van der Waals surface area contributed by atoms with Gasteiger partial charge in [-0.3, -0.25) is 4.68 Å². The molecule has 19 heavy (non-hydrogen) atoms. The van der Waals surface area contributed by atoms with Gasteiger partial charge in [-0.25, -0.2) is 0 Å². The molecular formula is C14H24ClN3O. The molecule has 1 saturated heterocycles. The van der Waals surface area contributed by atoms with Crippen LogP contribution < -0.4 is 5.32 Å². The fourth-order valence-electron chi connectivity index (χ4n) is 2.76.